The number of ether oxygens (including phenoxy) is 1. The molecule has 1 aliphatic rings. The Kier molecular flexibility index (Phi) is 3.28. The smallest absolute Gasteiger partial charge is 0.141 e. The van der Waals surface area contributed by atoms with Crippen molar-refractivity contribution in [3.05, 3.63) is 29.8 Å². The van der Waals surface area contributed by atoms with Gasteiger partial charge in [-0.1, -0.05) is 6.92 Å². The number of morpholine rings is 1. The number of rotatable bonds is 2. The van der Waals surface area contributed by atoms with Crippen LogP contribution in [0.3, 0.4) is 0 Å². The lowest BCUT2D eigenvalue weighted by Gasteiger charge is -2.29. The van der Waals surface area contributed by atoms with E-state index in [1.54, 1.807) is 6.07 Å². The molecule has 2 rings (SSSR count). The van der Waals surface area contributed by atoms with Crippen LogP contribution in [0.2, 0.25) is 0 Å². The van der Waals surface area contributed by atoms with Gasteiger partial charge >= 0.3 is 0 Å². The zero-order chi connectivity index (χ0) is 10.7. The molecule has 2 unspecified atom stereocenters. The average Bonchev–Trinajstić information content (AvgIpc) is 2.30. The number of nitrogens with one attached hydrogen (secondary N) is 1. The van der Waals surface area contributed by atoms with Crippen LogP contribution in [0.15, 0.2) is 18.3 Å². The molecule has 2 atom stereocenters. The molecule has 15 heavy (non-hydrogen) atoms. The number of hydrogen-bond acceptors (Lipinski definition) is 3. The first-order chi connectivity index (χ1) is 7.29. The normalized spacial score (nSPS) is 26.5. The number of hydrogen-bond donors (Lipinski definition) is 1. The van der Waals surface area contributed by atoms with E-state index in [0.29, 0.717) is 0 Å². The summed E-state index contributed by atoms with van der Waals surface area (Å²) in [6.45, 7) is 3.72. The number of halogens is 1. The number of aromatic nitrogens is 1. The maximum atomic E-state index is 12.7. The molecule has 3 nitrogen and oxygen atoms in total. The molecule has 0 bridgehead atoms. The SMILES string of the molecule is CCC1CNCC(c2ccc(F)cn2)O1. The predicted molar refractivity (Wildman–Crippen MR) is 55.0 cm³/mol. The molecule has 1 saturated heterocycles. The summed E-state index contributed by atoms with van der Waals surface area (Å²) in [5, 5.41) is 3.29. The van der Waals surface area contributed by atoms with E-state index in [1.165, 1.54) is 12.3 Å². The van der Waals surface area contributed by atoms with Crippen molar-refractivity contribution in [2.45, 2.75) is 25.6 Å². The summed E-state index contributed by atoms with van der Waals surface area (Å²) in [6, 6.07) is 3.10. The second kappa shape index (κ2) is 4.68. The fourth-order valence-electron chi connectivity index (χ4n) is 1.70. The predicted octanol–water partition coefficient (Wildman–Crippen LogP) is 1.66. The molecule has 0 aliphatic carbocycles. The van der Waals surface area contributed by atoms with Crippen LogP contribution in [-0.4, -0.2) is 24.2 Å². The first-order valence-electron chi connectivity index (χ1n) is 5.27. The van der Waals surface area contributed by atoms with Crippen molar-refractivity contribution in [1.29, 1.82) is 0 Å². The Hall–Kier alpha value is -1.00. The second-order valence-electron chi connectivity index (χ2n) is 3.71. The Labute approximate surface area is 88.7 Å². The van der Waals surface area contributed by atoms with Gasteiger partial charge < -0.3 is 10.1 Å². The highest BCUT2D eigenvalue weighted by Gasteiger charge is 2.22. The summed E-state index contributed by atoms with van der Waals surface area (Å²) in [4.78, 5) is 4.03. The standard InChI is InChI=1S/C11H15FN2O/c1-2-9-6-13-7-11(15-9)10-4-3-8(12)5-14-10/h3-5,9,11,13H,2,6-7H2,1H3. The molecule has 0 saturated carbocycles. The summed E-state index contributed by atoms with van der Waals surface area (Å²) in [5.74, 6) is -0.311. The van der Waals surface area contributed by atoms with E-state index < -0.39 is 0 Å². The van der Waals surface area contributed by atoms with E-state index in [-0.39, 0.29) is 18.0 Å². The molecule has 4 heteroatoms. The average molecular weight is 210 g/mol. The zero-order valence-corrected chi connectivity index (χ0v) is 8.74. The molecule has 1 aliphatic heterocycles. The van der Waals surface area contributed by atoms with E-state index in [2.05, 4.69) is 17.2 Å². The first kappa shape index (κ1) is 10.5. The van der Waals surface area contributed by atoms with Crippen molar-refractivity contribution in [1.82, 2.24) is 10.3 Å². The van der Waals surface area contributed by atoms with Crippen molar-refractivity contribution in [3.63, 3.8) is 0 Å². The van der Waals surface area contributed by atoms with Crippen LogP contribution < -0.4 is 5.32 Å². The zero-order valence-electron chi connectivity index (χ0n) is 8.74. The summed E-state index contributed by atoms with van der Waals surface area (Å²) in [5.41, 5.74) is 0.794. The lowest BCUT2D eigenvalue weighted by molar-refractivity contribution is -0.0420. The molecule has 0 amide bonds. The number of pyridine rings is 1. The Morgan fingerprint density at radius 2 is 2.40 bits per heavy atom. The van der Waals surface area contributed by atoms with Crippen LogP contribution in [0, 0.1) is 5.82 Å². The van der Waals surface area contributed by atoms with Gasteiger partial charge in [-0.25, -0.2) is 4.39 Å². The third-order valence-corrected chi connectivity index (χ3v) is 2.59. The Bertz CT molecular complexity index is 315. The second-order valence-corrected chi connectivity index (χ2v) is 3.71. The molecule has 0 spiro atoms. The summed E-state index contributed by atoms with van der Waals surface area (Å²) in [6.07, 6.45) is 2.39. The van der Waals surface area contributed by atoms with Crippen molar-refractivity contribution in [2.24, 2.45) is 0 Å². The highest BCUT2D eigenvalue weighted by molar-refractivity contribution is 5.09. The van der Waals surface area contributed by atoms with E-state index in [1.807, 2.05) is 0 Å². The minimum Gasteiger partial charge on any atom is -0.366 e. The van der Waals surface area contributed by atoms with Gasteiger partial charge in [-0.3, -0.25) is 4.98 Å². The summed E-state index contributed by atoms with van der Waals surface area (Å²) >= 11 is 0. The first-order valence-corrected chi connectivity index (χ1v) is 5.27. The molecule has 82 valence electrons. The van der Waals surface area contributed by atoms with Gasteiger partial charge in [0.1, 0.15) is 11.9 Å². The van der Waals surface area contributed by atoms with Crippen molar-refractivity contribution in [3.8, 4) is 0 Å². The highest BCUT2D eigenvalue weighted by atomic mass is 19.1. The van der Waals surface area contributed by atoms with Crippen molar-refractivity contribution >= 4 is 0 Å². The topological polar surface area (TPSA) is 34.2 Å². The van der Waals surface area contributed by atoms with Crippen molar-refractivity contribution in [2.75, 3.05) is 13.1 Å². The molecule has 1 aromatic rings. The van der Waals surface area contributed by atoms with Gasteiger partial charge in [-0.05, 0) is 18.6 Å². The van der Waals surface area contributed by atoms with Crippen molar-refractivity contribution < 1.29 is 9.13 Å². The maximum Gasteiger partial charge on any atom is 0.141 e. The monoisotopic (exact) mass is 210 g/mol. The van der Waals surface area contributed by atoms with Gasteiger partial charge in [-0.2, -0.15) is 0 Å². The van der Waals surface area contributed by atoms with Crippen LogP contribution in [0.5, 0.6) is 0 Å². The Morgan fingerprint density at radius 3 is 3.07 bits per heavy atom. The fourth-order valence-corrected chi connectivity index (χ4v) is 1.70. The lowest BCUT2D eigenvalue weighted by atomic mass is 10.1. The van der Waals surface area contributed by atoms with Crippen LogP contribution in [0.1, 0.15) is 25.1 Å². The molecular formula is C11H15FN2O. The molecule has 0 aromatic carbocycles. The molecular weight excluding hydrogens is 195 g/mol. The highest BCUT2D eigenvalue weighted by Crippen LogP contribution is 2.20. The van der Waals surface area contributed by atoms with Crippen LogP contribution in [0.25, 0.3) is 0 Å². The van der Waals surface area contributed by atoms with Gasteiger partial charge in [0.2, 0.25) is 0 Å². The fraction of sp³-hybridized carbons (Fsp3) is 0.545. The number of nitrogens with zero attached hydrogens (tertiary/aromatic N) is 1. The van der Waals surface area contributed by atoms with Gasteiger partial charge in [0, 0.05) is 13.1 Å². The third-order valence-electron chi connectivity index (χ3n) is 2.59. The van der Waals surface area contributed by atoms with Gasteiger partial charge in [0.05, 0.1) is 18.0 Å². The Balaban J connectivity index is 2.06. The van der Waals surface area contributed by atoms with Crippen LogP contribution in [-0.2, 0) is 4.74 Å². The lowest BCUT2D eigenvalue weighted by Crippen LogP contribution is -2.40. The molecule has 1 N–H and O–H groups in total. The van der Waals surface area contributed by atoms with Crippen LogP contribution >= 0.6 is 0 Å². The van der Waals surface area contributed by atoms with E-state index in [9.17, 15) is 4.39 Å². The molecule has 1 aromatic heterocycles. The molecule has 2 heterocycles. The van der Waals surface area contributed by atoms with Gasteiger partial charge in [0.15, 0.2) is 0 Å². The maximum absolute atomic E-state index is 12.7. The van der Waals surface area contributed by atoms with Gasteiger partial charge in [-0.15, -0.1) is 0 Å². The minimum absolute atomic E-state index is 0.0516. The third kappa shape index (κ3) is 2.52. The van der Waals surface area contributed by atoms with E-state index in [4.69, 9.17) is 4.74 Å². The van der Waals surface area contributed by atoms with E-state index in [0.717, 1.165) is 25.2 Å². The summed E-state index contributed by atoms with van der Waals surface area (Å²) < 4.78 is 18.5. The molecule has 1 fully saturated rings. The summed E-state index contributed by atoms with van der Waals surface area (Å²) in [7, 11) is 0. The minimum atomic E-state index is -0.311. The van der Waals surface area contributed by atoms with Crippen LogP contribution in [0.4, 0.5) is 4.39 Å². The quantitative estimate of drug-likeness (QED) is 0.806. The van der Waals surface area contributed by atoms with E-state index >= 15 is 0 Å². The largest absolute Gasteiger partial charge is 0.366 e. The Morgan fingerprint density at radius 1 is 1.53 bits per heavy atom. The van der Waals surface area contributed by atoms with Gasteiger partial charge in [0.25, 0.3) is 0 Å². The molecule has 0 radical (unpaired) electrons.